The summed E-state index contributed by atoms with van der Waals surface area (Å²) in [5.74, 6) is 0.629. The summed E-state index contributed by atoms with van der Waals surface area (Å²) < 4.78 is 19.1. The van der Waals surface area contributed by atoms with E-state index in [2.05, 4.69) is 31.2 Å². The monoisotopic (exact) mass is 560 g/mol. The molecule has 2 amide bonds. The number of pyridine rings is 2. The van der Waals surface area contributed by atoms with E-state index in [4.69, 9.17) is 16.3 Å². The van der Waals surface area contributed by atoms with Crippen molar-refractivity contribution in [2.75, 3.05) is 22.5 Å². The molecule has 2 aromatic heterocycles. The minimum Gasteiger partial charge on any atom is -0.456 e. The molecule has 1 fully saturated rings. The van der Waals surface area contributed by atoms with Gasteiger partial charge in [-0.05, 0) is 80.1 Å². The zero-order valence-corrected chi connectivity index (χ0v) is 22.0. The van der Waals surface area contributed by atoms with E-state index in [0.29, 0.717) is 51.5 Å². The second-order valence-electron chi connectivity index (χ2n) is 9.16. The van der Waals surface area contributed by atoms with Crippen LogP contribution in [0.15, 0.2) is 79.1 Å². The van der Waals surface area contributed by atoms with Crippen molar-refractivity contribution in [1.29, 1.82) is 0 Å². The highest BCUT2D eigenvalue weighted by Gasteiger charge is 2.18. The van der Waals surface area contributed by atoms with Crippen LogP contribution in [0.1, 0.15) is 29.6 Å². The molecule has 11 heteroatoms. The molecule has 3 heterocycles. The Morgan fingerprint density at radius 2 is 1.82 bits per heavy atom. The van der Waals surface area contributed by atoms with E-state index >= 15 is 0 Å². The van der Waals surface area contributed by atoms with Gasteiger partial charge in [0.15, 0.2) is 0 Å². The van der Waals surface area contributed by atoms with Gasteiger partial charge in [0.2, 0.25) is 5.91 Å². The fraction of sp³-hybridized carbons (Fsp3) is 0.172. The van der Waals surface area contributed by atoms with Crippen LogP contribution in [0, 0.1) is 5.82 Å². The Kier molecular flexibility index (Phi) is 8.48. The number of hydrogen-bond donors (Lipinski definition) is 4. The van der Waals surface area contributed by atoms with Crippen molar-refractivity contribution in [3.63, 3.8) is 0 Å². The summed E-state index contributed by atoms with van der Waals surface area (Å²) in [6.45, 7) is 0.935. The van der Waals surface area contributed by atoms with Crippen molar-refractivity contribution in [1.82, 2.24) is 15.3 Å². The van der Waals surface area contributed by atoms with Crippen molar-refractivity contribution < 1.29 is 18.7 Å². The molecule has 1 aliphatic heterocycles. The highest BCUT2D eigenvalue weighted by molar-refractivity contribution is 6.32. The van der Waals surface area contributed by atoms with Crippen molar-refractivity contribution in [3.05, 3.63) is 95.5 Å². The van der Waals surface area contributed by atoms with Crippen molar-refractivity contribution in [2.45, 2.75) is 25.3 Å². The highest BCUT2D eigenvalue weighted by atomic mass is 35.5. The largest absolute Gasteiger partial charge is 0.456 e. The lowest BCUT2D eigenvalue weighted by atomic mass is 10.1. The summed E-state index contributed by atoms with van der Waals surface area (Å²) in [6, 6.07) is 17.3. The lowest BCUT2D eigenvalue weighted by molar-refractivity contribution is -0.116. The van der Waals surface area contributed by atoms with Crippen LogP contribution in [0.2, 0.25) is 5.02 Å². The van der Waals surface area contributed by atoms with E-state index in [1.807, 2.05) is 0 Å². The van der Waals surface area contributed by atoms with Gasteiger partial charge in [0, 0.05) is 42.3 Å². The first-order valence-electron chi connectivity index (χ1n) is 12.7. The molecule has 9 nitrogen and oxygen atoms in total. The molecule has 0 bridgehead atoms. The summed E-state index contributed by atoms with van der Waals surface area (Å²) in [7, 11) is 0. The smallest absolute Gasteiger partial charge is 0.259 e. The molecule has 4 N–H and O–H groups in total. The van der Waals surface area contributed by atoms with Crippen LogP contribution in [0.5, 0.6) is 11.5 Å². The van der Waals surface area contributed by atoms with Crippen LogP contribution in [0.3, 0.4) is 0 Å². The number of aromatic nitrogens is 2. The molecule has 5 rings (SSSR count). The number of halogens is 2. The minimum absolute atomic E-state index is 0.113. The quantitative estimate of drug-likeness (QED) is 0.194. The second-order valence-corrected chi connectivity index (χ2v) is 9.56. The number of carbonyl (C=O) groups excluding carboxylic acids is 2. The Bertz CT molecular complexity index is 1510. The number of rotatable bonds is 9. The van der Waals surface area contributed by atoms with Gasteiger partial charge in [-0.3, -0.25) is 9.59 Å². The van der Waals surface area contributed by atoms with Gasteiger partial charge in [0.05, 0.1) is 10.6 Å². The second kappa shape index (κ2) is 12.5. The normalized spacial score (nSPS) is 14.4. The molecule has 2 aromatic carbocycles. The van der Waals surface area contributed by atoms with Crippen molar-refractivity contribution >= 4 is 46.4 Å². The molecule has 1 aliphatic rings. The molecule has 0 radical (unpaired) electrons. The topological polar surface area (TPSA) is 117 Å². The Labute approximate surface area is 235 Å². The number of anilines is 4. The average molecular weight is 561 g/mol. The van der Waals surface area contributed by atoms with Crippen LogP contribution in [0.4, 0.5) is 27.4 Å². The first-order chi connectivity index (χ1) is 19.4. The number of ether oxygens (including phenoxy) is 1. The molecule has 1 saturated heterocycles. The maximum absolute atomic E-state index is 13.2. The fourth-order valence-electron chi connectivity index (χ4n) is 4.24. The first kappa shape index (κ1) is 27.0. The number of carbonyl (C=O) groups is 2. The van der Waals surface area contributed by atoms with Gasteiger partial charge in [-0.15, -0.1) is 0 Å². The molecule has 4 aromatic rings. The third-order valence-electron chi connectivity index (χ3n) is 6.17. The van der Waals surface area contributed by atoms with Gasteiger partial charge in [-0.1, -0.05) is 11.6 Å². The Hall–Kier alpha value is -4.54. The third kappa shape index (κ3) is 7.10. The molecule has 1 atom stereocenters. The summed E-state index contributed by atoms with van der Waals surface area (Å²) in [5.41, 5.74) is 1.32. The van der Waals surface area contributed by atoms with Crippen molar-refractivity contribution in [2.24, 2.45) is 0 Å². The first-order valence-corrected chi connectivity index (χ1v) is 13.1. The van der Waals surface area contributed by atoms with Crippen LogP contribution in [-0.4, -0.2) is 34.4 Å². The van der Waals surface area contributed by atoms with E-state index in [-0.39, 0.29) is 11.9 Å². The van der Waals surface area contributed by atoms with E-state index in [1.165, 1.54) is 24.3 Å². The van der Waals surface area contributed by atoms with E-state index < -0.39 is 11.7 Å². The molecule has 0 unspecified atom stereocenters. The lowest BCUT2D eigenvalue weighted by Gasteiger charge is -2.14. The van der Waals surface area contributed by atoms with E-state index in [9.17, 15) is 14.0 Å². The Morgan fingerprint density at radius 1 is 1.00 bits per heavy atom. The number of nitrogens with zero attached hydrogens (tertiary/aromatic N) is 2. The van der Waals surface area contributed by atoms with Gasteiger partial charge < -0.3 is 26.0 Å². The van der Waals surface area contributed by atoms with Gasteiger partial charge in [-0.2, -0.15) is 0 Å². The fourth-order valence-corrected chi connectivity index (χ4v) is 4.46. The van der Waals surface area contributed by atoms with E-state index in [1.54, 1.807) is 54.9 Å². The Morgan fingerprint density at radius 3 is 2.60 bits per heavy atom. The minimum atomic E-state index is -0.409. The summed E-state index contributed by atoms with van der Waals surface area (Å²) >= 11 is 6.50. The molecular formula is C29H26ClFN6O3. The lowest BCUT2D eigenvalue weighted by Crippen LogP contribution is -2.27. The molecule has 204 valence electrons. The summed E-state index contributed by atoms with van der Waals surface area (Å²) in [4.78, 5) is 33.7. The predicted molar refractivity (Wildman–Crippen MR) is 152 cm³/mol. The van der Waals surface area contributed by atoms with Crippen molar-refractivity contribution in [3.8, 4) is 11.5 Å². The predicted octanol–water partition coefficient (Wildman–Crippen LogP) is 6.14. The molecular weight excluding hydrogens is 535 g/mol. The number of benzene rings is 2. The maximum Gasteiger partial charge on any atom is 0.259 e. The summed E-state index contributed by atoms with van der Waals surface area (Å²) in [5, 5.41) is 12.3. The zero-order valence-electron chi connectivity index (χ0n) is 21.3. The summed E-state index contributed by atoms with van der Waals surface area (Å²) in [6.07, 6.45) is 5.55. The number of amides is 2. The molecule has 0 spiro atoms. The molecule has 40 heavy (non-hydrogen) atoms. The molecule has 0 aliphatic carbocycles. The maximum atomic E-state index is 13.2. The number of nitrogens with one attached hydrogen (secondary N) is 4. The average Bonchev–Trinajstić information content (AvgIpc) is 3.45. The number of hydrogen-bond acceptors (Lipinski definition) is 7. The van der Waals surface area contributed by atoms with Crippen LogP contribution in [0.25, 0.3) is 0 Å². The standard InChI is InChI=1S/C29H26ClFN6O3/c30-24-15-21(35-28-23(4-2-13-34-28)29(39)36-19-7-5-18(31)6-8-19)9-10-25(24)40-22-11-14-33-26(17-22)37-27(38)16-20-3-1-12-32-20/h2,4-11,13-15,17,20,32H,1,3,12,16H2,(H,34,35)(H,36,39)(H,33,37,38)/t20-/m1/s1. The zero-order chi connectivity index (χ0) is 27.9. The SMILES string of the molecule is O=C(C[C@H]1CCCN1)Nc1cc(Oc2ccc(Nc3ncccc3C(=O)Nc3ccc(F)cc3)cc2Cl)ccn1. The van der Waals surface area contributed by atoms with Gasteiger partial charge >= 0.3 is 0 Å². The van der Waals surface area contributed by atoms with Gasteiger partial charge in [0.1, 0.15) is 29.0 Å². The van der Waals surface area contributed by atoms with Crippen LogP contribution in [-0.2, 0) is 4.79 Å². The molecule has 0 saturated carbocycles. The van der Waals surface area contributed by atoms with E-state index in [0.717, 1.165) is 19.4 Å². The third-order valence-corrected chi connectivity index (χ3v) is 6.47. The Balaban J connectivity index is 1.23. The van der Waals surface area contributed by atoms with Crippen LogP contribution >= 0.6 is 11.6 Å². The van der Waals surface area contributed by atoms with Gasteiger partial charge in [0.25, 0.3) is 5.91 Å². The van der Waals surface area contributed by atoms with Crippen LogP contribution < -0.4 is 26.0 Å². The highest BCUT2D eigenvalue weighted by Crippen LogP contribution is 2.33. The van der Waals surface area contributed by atoms with Gasteiger partial charge in [-0.25, -0.2) is 14.4 Å².